The minimum absolute atomic E-state index is 0.0886. The van der Waals surface area contributed by atoms with E-state index >= 15 is 0 Å². The van der Waals surface area contributed by atoms with E-state index in [-0.39, 0.29) is 35.8 Å². The molecule has 2 atom stereocenters. The molecule has 1 aromatic rings. The molecule has 0 radical (unpaired) electrons. The summed E-state index contributed by atoms with van der Waals surface area (Å²) in [5.74, 6) is -0.447. The van der Waals surface area contributed by atoms with Crippen LogP contribution < -0.4 is 0 Å². The first kappa shape index (κ1) is 20.6. The van der Waals surface area contributed by atoms with Gasteiger partial charge in [0.1, 0.15) is 5.82 Å². The van der Waals surface area contributed by atoms with Crippen molar-refractivity contribution in [2.24, 2.45) is 5.92 Å². The van der Waals surface area contributed by atoms with Crippen LogP contribution in [0.25, 0.3) is 0 Å². The Morgan fingerprint density at radius 3 is 2.43 bits per heavy atom. The molecule has 0 bridgehead atoms. The summed E-state index contributed by atoms with van der Waals surface area (Å²) >= 11 is 0. The highest BCUT2D eigenvalue weighted by Crippen LogP contribution is 2.30. The average molecular weight is 390 g/mol. The lowest BCUT2D eigenvalue weighted by atomic mass is 9.97. The van der Waals surface area contributed by atoms with Crippen LogP contribution in [-0.2, 0) is 16.0 Å². The zero-order valence-corrected chi connectivity index (χ0v) is 16.9. The quantitative estimate of drug-likeness (QED) is 0.714. The number of esters is 1. The monoisotopic (exact) mass is 390 g/mol. The van der Waals surface area contributed by atoms with Gasteiger partial charge in [-0.05, 0) is 70.1 Å². The van der Waals surface area contributed by atoms with Crippen LogP contribution in [0.1, 0.15) is 51.5 Å². The van der Waals surface area contributed by atoms with E-state index in [0.29, 0.717) is 32.5 Å². The molecule has 0 aromatic heterocycles. The van der Waals surface area contributed by atoms with Crippen LogP contribution >= 0.6 is 0 Å². The van der Waals surface area contributed by atoms with Gasteiger partial charge >= 0.3 is 12.0 Å². The highest BCUT2D eigenvalue weighted by Gasteiger charge is 2.38. The molecule has 0 N–H and O–H groups in total. The Labute approximate surface area is 166 Å². The number of hydrogen-bond donors (Lipinski definition) is 0. The number of amides is 2. The molecule has 28 heavy (non-hydrogen) atoms. The second-order valence-corrected chi connectivity index (χ2v) is 7.95. The fraction of sp³-hybridized carbons (Fsp3) is 0.636. The third-order valence-electron chi connectivity index (χ3n) is 6.07. The molecule has 2 saturated heterocycles. The van der Waals surface area contributed by atoms with Gasteiger partial charge in [-0.15, -0.1) is 0 Å². The number of rotatable bonds is 5. The summed E-state index contributed by atoms with van der Waals surface area (Å²) in [6.45, 7) is 5.55. The van der Waals surface area contributed by atoms with Crippen LogP contribution in [0.4, 0.5) is 9.18 Å². The summed E-state index contributed by atoms with van der Waals surface area (Å²) in [7, 11) is 0. The second-order valence-electron chi connectivity index (χ2n) is 7.95. The van der Waals surface area contributed by atoms with Crippen LogP contribution in [0.15, 0.2) is 24.3 Å². The van der Waals surface area contributed by atoms with Gasteiger partial charge < -0.3 is 14.5 Å². The van der Waals surface area contributed by atoms with E-state index in [1.54, 1.807) is 0 Å². The van der Waals surface area contributed by atoms with E-state index in [1.165, 1.54) is 12.1 Å². The van der Waals surface area contributed by atoms with E-state index in [9.17, 15) is 14.0 Å². The second kappa shape index (κ2) is 9.39. The van der Waals surface area contributed by atoms with Crippen molar-refractivity contribution in [3.8, 4) is 0 Å². The van der Waals surface area contributed by atoms with Crippen molar-refractivity contribution in [2.75, 3.05) is 19.7 Å². The van der Waals surface area contributed by atoms with E-state index < -0.39 is 0 Å². The van der Waals surface area contributed by atoms with Crippen molar-refractivity contribution in [1.29, 1.82) is 0 Å². The van der Waals surface area contributed by atoms with Crippen molar-refractivity contribution in [3.05, 3.63) is 35.6 Å². The Morgan fingerprint density at radius 1 is 1.11 bits per heavy atom. The Hall–Kier alpha value is -2.11. The first-order chi connectivity index (χ1) is 13.5. The number of piperidine rings is 1. The summed E-state index contributed by atoms with van der Waals surface area (Å²) in [6, 6.07) is 7.16. The maximum absolute atomic E-state index is 13.2. The van der Waals surface area contributed by atoms with Gasteiger partial charge in [0, 0.05) is 25.2 Å². The fourth-order valence-electron chi connectivity index (χ4n) is 4.41. The Kier molecular flexibility index (Phi) is 6.92. The number of halogens is 1. The molecule has 154 valence electrons. The summed E-state index contributed by atoms with van der Waals surface area (Å²) < 4.78 is 18.2. The number of carbonyl (C=O) groups excluding carboxylic acids is 2. The Morgan fingerprint density at radius 2 is 1.79 bits per heavy atom. The topological polar surface area (TPSA) is 49.9 Å². The lowest BCUT2D eigenvalue weighted by molar-refractivity contribution is -0.149. The van der Waals surface area contributed by atoms with Crippen LogP contribution in [-0.4, -0.2) is 53.6 Å². The first-order valence-corrected chi connectivity index (χ1v) is 10.5. The molecule has 0 aliphatic carbocycles. The van der Waals surface area contributed by atoms with Gasteiger partial charge in [0.2, 0.25) is 0 Å². The average Bonchev–Trinajstić information content (AvgIpc) is 3.07. The van der Waals surface area contributed by atoms with Crippen LogP contribution in [0.2, 0.25) is 0 Å². The van der Waals surface area contributed by atoms with Gasteiger partial charge in [-0.3, -0.25) is 4.79 Å². The van der Waals surface area contributed by atoms with Crippen molar-refractivity contribution in [3.63, 3.8) is 0 Å². The lowest BCUT2D eigenvalue weighted by Crippen LogP contribution is -2.51. The molecule has 0 spiro atoms. The van der Waals surface area contributed by atoms with Gasteiger partial charge in [-0.25, -0.2) is 9.18 Å². The number of benzene rings is 1. The third kappa shape index (κ3) is 4.83. The zero-order valence-electron chi connectivity index (χ0n) is 16.9. The number of hydrogen-bond acceptors (Lipinski definition) is 3. The van der Waals surface area contributed by atoms with E-state index in [2.05, 4.69) is 6.92 Å². The normalized spacial score (nSPS) is 23.1. The summed E-state index contributed by atoms with van der Waals surface area (Å²) in [5, 5.41) is 0. The van der Waals surface area contributed by atoms with Gasteiger partial charge in [0.25, 0.3) is 0 Å². The van der Waals surface area contributed by atoms with E-state index in [0.717, 1.165) is 31.2 Å². The van der Waals surface area contributed by atoms with Crippen molar-refractivity contribution >= 4 is 12.0 Å². The van der Waals surface area contributed by atoms with Crippen LogP contribution in [0, 0.1) is 11.7 Å². The number of likely N-dealkylation sites (tertiary alicyclic amines) is 2. The van der Waals surface area contributed by atoms with Crippen molar-refractivity contribution in [1.82, 2.24) is 9.80 Å². The lowest BCUT2D eigenvalue weighted by Gasteiger charge is -2.37. The predicted octanol–water partition coefficient (Wildman–Crippen LogP) is 4.01. The molecule has 6 heteroatoms. The zero-order chi connectivity index (χ0) is 20.1. The van der Waals surface area contributed by atoms with E-state index in [1.807, 2.05) is 28.9 Å². The first-order valence-electron chi connectivity index (χ1n) is 10.5. The standard InChI is InChI=1S/C22H31FN2O3/c1-3-28-21(26)18-12-14-24(15-13-18)22(27)25-16(2)4-10-20(25)11-7-17-5-8-19(23)9-6-17/h5-6,8-9,16,18,20H,3-4,7,10-15H2,1-2H3/t16-,20-/m1/s1. The molecule has 0 saturated carbocycles. The minimum atomic E-state index is -0.221. The minimum Gasteiger partial charge on any atom is -0.466 e. The maximum Gasteiger partial charge on any atom is 0.320 e. The summed E-state index contributed by atoms with van der Waals surface area (Å²) in [5.41, 5.74) is 1.10. The van der Waals surface area contributed by atoms with Crippen LogP contribution in [0.3, 0.4) is 0 Å². The molecule has 2 amide bonds. The molecule has 2 aliphatic rings. The Balaban J connectivity index is 1.55. The number of urea groups is 1. The van der Waals surface area contributed by atoms with Gasteiger partial charge in [-0.1, -0.05) is 12.1 Å². The molecule has 5 nitrogen and oxygen atoms in total. The maximum atomic E-state index is 13.2. The van der Waals surface area contributed by atoms with Crippen LogP contribution in [0.5, 0.6) is 0 Å². The number of aryl methyl sites for hydroxylation is 1. The van der Waals surface area contributed by atoms with E-state index in [4.69, 9.17) is 4.74 Å². The molecular weight excluding hydrogens is 359 g/mol. The molecule has 2 heterocycles. The van der Waals surface area contributed by atoms with Gasteiger partial charge in [0.15, 0.2) is 0 Å². The molecule has 2 fully saturated rings. The molecular formula is C22H31FN2O3. The third-order valence-corrected chi connectivity index (χ3v) is 6.07. The predicted molar refractivity (Wildman–Crippen MR) is 105 cm³/mol. The Bertz CT molecular complexity index is 671. The smallest absolute Gasteiger partial charge is 0.320 e. The summed E-state index contributed by atoms with van der Waals surface area (Å²) in [4.78, 5) is 29.0. The number of nitrogens with zero attached hydrogens (tertiary/aromatic N) is 2. The van der Waals surface area contributed by atoms with Gasteiger partial charge in [0.05, 0.1) is 12.5 Å². The molecule has 2 aliphatic heterocycles. The largest absolute Gasteiger partial charge is 0.466 e. The molecule has 0 unspecified atom stereocenters. The van der Waals surface area contributed by atoms with Crippen molar-refractivity contribution < 1.29 is 18.7 Å². The fourth-order valence-corrected chi connectivity index (χ4v) is 4.41. The molecule has 1 aromatic carbocycles. The highest BCUT2D eigenvalue weighted by molar-refractivity contribution is 5.77. The van der Waals surface area contributed by atoms with Gasteiger partial charge in [-0.2, -0.15) is 0 Å². The SMILES string of the molecule is CCOC(=O)C1CCN(C(=O)N2[C@@H](CCc3ccc(F)cc3)CC[C@H]2C)CC1. The van der Waals surface area contributed by atoms with Crippen molar-refractivity contribution in [2.45, 2.75) is 64.5 Å². The number of ether oxygens (including phenoxy) is 1. The number of carbonyl (C=O) groups is 2. The molecule has 3 rings (SSSR count). The summed E-state index contributed by atoms with van der Waals surface area (Å²) in [6.07, 6.45) is 5.10. The highest BCUT2D eigenvalue weighted by atomic mass is 19.1.